The van der Waals surface area contributed by atoms with Crippen LogP contribution in [0.3, 0.4) is 0 Å². The topological polar surface area (TPSA) is 49.3 Å². The molecule has 1 aliphatic carbocycles. The van der Waals surface area contributed by atoms with Crippen molar-refractivity contribution >= 4 is 5.97 Å². The third-order valence-corrected chi connectivity index (χ3v) is 2.81. The van der Waals surface area contributed by atoms with E-state index in [0.717, 1.165) is 25.9 Å². The summed E-state index contributed by atoms with van der Waals surface area (Å²) in [7, 11) is 0. The molecule has 1 aliphatic rings. The minimum atomic E-state index is -0.884. The van der Waals surface area contributed by atoms with Crippen LogP contribution in [0.15, 0.2) is 59.8 Å². The molecule has 0 unspecified atom stereocenters. The van der Waals surface area contributed by atoms with Crippen molar-refractivity contribution in [2.75, 3.05) is 13.1 Å². The lowest BCUT2D eigenvalue weighted by atomic mass is 10.1. The Morgan fingerprint density at radius 3 is 3.00 bits per heavy atom. The maximum absolute atomic E-state index is 10.8. The number of hydrogen-bond donors (Lipinski definition) is 2. The van der Waals surface area contributed by atoms with E-state index in [1.165, 1.54) is 11.1 Å². The Bertz CT molecular complexity index is 453. The average Bonchev–Trinajstić information content (AvgIpc) is 2.62. The molecule has 2 N–H and O–H groups in total. The van der Waals surface area contributed by atoms with Crippen LogP contribution in [0.2, 0.25) is 0 Å². The number of carboxylic acids is 1. The van der Waals surface area contributed by atoms with Crippen molar-refractivity contribution in [2.24, 2.45) is 0 Å². The van der Waals surface area contributed by atoms with Gasteiger partial charge in [0.2, 0.25) is 0 Å². The first kappa shape index (κ1) is 15.2. The van der Waals surface area contributed by atoms with Gasteiger partial charge in [0.05, 0.1) is 5.57 Å². The average molecular weight is 259 g/mol. The number of hydrogen-bond acceptors (Lipinski definition) is 2. The molecule has 0 aliphatic heterocycles. The Labute approximate surface area is 114 Å². The number of nitrogens with one attached hydrogen (secondary N) is 1. The van der Waals surface area contributed by atoms with Crippen molar-refractivity contribution in [1.29, 1.82) is 0 Å². The third-order valence-electron chi connectivity index (χ3n) is 2.81. The van der Waals surface area contributed by atoms with E-state index in [9.17, 15) is 4.79 Å². The van der Waals surface area contributed by atoms with Gasteiger partial charge in [0.25, 0.3) is 0 Å². The Morgan fingerprint density at radius 2 is 2.32 bits per heavy atom. The molecule has 0 atom stereocenters. The summed E-state index contributed by atoms with van der Waals surface area (Å²) in [5.74, 6) is -0.884. The fourth-order valence-corrected chi connectivity index (χ4v) is 1.72. The van der Waals surface area contributed by atoms with Crippen molar-refractivity contribution in [1.82, 2.24) is 5.32 Å². The van der Waals surface area contributed by atoms with Crippen LogP contribution >= 0.6 is 0 Å². The molecule has 0 spiro atoms. The molecule has 19 heavy (non-hydrogen) atoms. The second-order valence-corrected chi connectivity index (χ2v) is 4.54. The maximum Gasteiger partial charge on any atom is 0.335 e. The van der Waals surface area contributed by atoms with Crippen LogP contribution in [0.4, 0.5) is 0 Å². The fourth-order valence-electron chi connectivity index (χ4n) is 1.72. The second kappa shape index (κ2) is 8.27. The van der Waals surface area contributed by atoms with Crippen LogP contribution in [0.25, 0.3) is 0 Å². The molecule has 0 amide bonds. The van der Waals surface area contributed by atoms with Crippen LogP contribution < -0.4 is 5.32 Å². The van der Waals surface area contributed by atoms with Gasteiger partial charge in [-0.05, 0) is 25.8 Å². The van der Waals surface area contributed by atoms with Crippen LogP contribution in [0.1, 0.15) is 19.8 Å². The summed E-state index contributed by atoms with van der Waals surface area (Å²) < 4.78 is 0. The summed E-state index contributed by atoms with van der Waals surface area (Å²) in [6.07, 6.45) is 12.8. The Morgan fingerprint density at radius 1 is 1.53 bits per heavy atom. The Hall–Kier alpha value is -1.87. The molecule has 0 saturated carbocycles. The zero-order chi connectivity index (χ0) is 14.1. The van der Waals surface area contributed by atoms with Crippen LogP contribution in [-0.2, 0) is 4.79 Å². The van der Waals surface area contributed by atoms with Crippen LogP contribution in [0, 0.1) is 0 Å². The summed E-state index contributed by atoms with van der Waals surface area (Å²) in [5.41, 5.74) is 2.80. The molecule has 3 nitrogen and oxygen atoms in total. The minimum Gasteiger partial charge on any atom is -0.478 e. The smallest absolute Gasteiger partial charge is 0.335 e. The first-order chi connectivity index (χ1) is 9.13. The van der Waals surface area contributed by atoms with Crippen molar-refractivity contribution in [3.05, 3.63) is 59.8 Å². The summed E-state index contributed by atoms with van der Waals surface area (Å²) in [6.45, 7) is 7.37. The zero-order valence-electron chi connectivity index (χ0n) is 11.4. The lowest BCUT2D eigenvalue weighted by Gasteiger charge is -2.06. The van der Waals surface area contributed by atoms with E-state index >= 15 is 0 Å². The lowest BCUT2D eigenvalue weighted by molar-refractivity contribution is -0.132. The quantitative estimate of drug-likeness (QED) is 0.691. The van der Waals surface area contributed by atoms with Gasteiger partial charge in [0.15, 0.2) is 0 Å². The van der Waals surface area contributed by atoms with E-state index in [1.807, 2.05) is 18.2 Å². The van der Waals surface area contributed by atoms with E-state index in [-0.39, 0.29) is 0 Å². The second-order valence-electron chi connectivity index (χ2n) is 4.54. The van der Waals surface area contributed by atoms with E-state index in [4.69, 9.17) is 5.11 Å². The van der Waals surface area contributed by atoms with Gasteiger partial charge in [-0.3, -0.25) is 0 Å². The highest BCUT2D eigenvalue weighted by molar-refractivity contribution is 5.90. The molecule has 1 rings (SSSR count). The van der Waals surface area contributed by atoms with Crippen molar-refractivity contribution in [3.63, 3.8) is 0 Å². The number of aliphatic carboxylic acids is 1. The number of allylic oxidation sites excluding steroid dienone is 5. The molecule has 0 aromatic carbocycles. The number of carbonyl (C=O) groups is 1. The molecule has 0 bridgehead atoms. The van der Waals surface area contributed by atoms with Crippen molar-refractivity contribution < 1.29 is 9.90 Å². The molecule has 0 fully saturated rings. The predicted molar refractivity (Wildman–Crippen MR) is 79.0 cm³/mol. The standard InChI is InChI=1S/C16H21NO2/c1-3-4-6-13(2)11-17-12-14-7-5-8-15(10-9-14)16(18)19/h3,5-6,8-10,17H,1,4,7,11-12H2,2H3,(H,18,19)/b13-6+. The van der Waals surface area contributed by atoms with Gasteiger partial charge >= 0.3 is 5.97 Å². The SMILES string of the molecule is C=CC/C=C(\C)CNCC1=CC=C(C(=O)O)C=CC1. The van der Waals surface area contributed by atoms with Gasteiger partial charge in [-0.25, -0.2) is 4.79 Å². The molecule has 0 saturated heterocycles. The molecule has 0 aromatic rings. The monoisotopic (exact) mass is 259 g/mol. The van der Waals surface area contributed by atoms with Gasteiger partial charge < -0.3 is 10.4 Å². The van der Waals surface area contributed by atoms with Gasteiger partial charge in [0, 0.05) is 13.1 Å². The summed E-state index contributed by atoms with van der Waals surface area (Å²) in [6, 6.07) is 0. The van der Waals surface area contributed by atoms with Crippen LogP contribution in [0.5, 0.6) is 0 Å². The summed E-state index contributed by atoms with van der Waals surface area (Å²) in [5, 5.41) is 12.3. The predicted octanol–water partition coefficient (Wildman–Crippen LogP) is 3.00. The molecule has 0 heterocycles. The highest BCUT2D eigenvalue weighted by atomic mass is 16.4. The largest absolute Gasteiger partial charge is 0.478 e. The summed E-state index contributed by atoms with van der Waals surface area (Å²) >= 11 is 0. The van der Waals surface area contributed by atoms with Crippen molar-refractivity contribution in [3.8, 4) is 0 Å². The Balaban J connectivity index is 2.44. The molecule has 102 valence electrons. The Kier molecular flexibility index (Phi) is 6.61. The minimum absolute atomic E-state index is 0.331. The van der Waals surface area contributed by atoms with E-state index in [0.29, 0.717) is 5.57 Å². The van der Waals surface area contributed by atoms with Crippen molar-refractivity contribution in [2.45, 2.75) is 19.8 Å². The highest BCUT2D eigenvalue weighted by Gasteiger charge is 2.05. The molecule has 0 aromatic heterocycles. The first-order valence-corrected chi connectivity index (χ1v) is 6.40. The first-order valence-electron chi connectivity index (χ1n) is 6.40. The molecule has 0 radical (unpaired) electrons. The molecular formula is C16H21NO2. The molecular weight excluding hydrogens is 238 g/mol. The molecule has 3 heteroatoms. The summed E-state index contributed by atoms with van der Waals surface area (Å²) in [4.78, 5) is 10.8. The van der Waals surface area contributed by atoms with Gasteiger partial charge in [0.1, 0.15) is 0 Å². The van der Waals surface area contributed by atoms with Crippen LogP contribution in [-0.4, -0.2) is 24.2 Å². The van der Waals surface area contributed by atoms with Gasteiger partial charge in [-0.1, -0.05) is 41.5 Å². The lowest BCUT2D eigenvalue weighted by Crippen LogP contribution is -2.19. The zero-order valence-corrected chi connectivity index (χ0v) is 11.4. The van der Waals surface area contributed by atoms with E-state index in [2.05, 4.69) is 24.9 Å². The maximum atomic E-state index is 10.8. The number of carboxylic acid groups (broad SMARTS) is 1. The van der Waals surface area contributed by atoms with E-state index < -0.39 is 5.97 Å². The third kappa shape index (κ3) is 6.02. The van der Waals surface area contributed by atoms with Gasteiger partial charge in [-0.15, -0.1) is 6.58 Å². The van der Waals surface area contributed by atoms with Gasteiger partial charge in [-0.2, -0.15) is 0 Å². The van der Waals surface area contributed by atoms with E-state index in [1.54, 1.807) is 12.2 Å². The normalized spacial score (nSPS) is 15.5. The highest BCUT2D eigenvalue weighted by Crippen LogP contribution is 2.11. The number of rotatable bonds is 7. The fraction of sp³-hybridized carbons (Fsp3) is 0.312.